The molecule has 2 N–H and O–H groups in total. The first-order valence-electron chi connectivity index (χ1n) is 8.48. The molecule has 0 radical (unpaired) electrons. The molecule has 0 bridgehead atoms. The number of hydrogen-bond acceptors (Lipinski definition) is 5. The van der Waals surface area contributed by atoms with Crippen molar-refractivity contribution in [3.05, 3.63) is 58.9 Å². The molecule has 0 saturated carbocycles. The number of amides is 3. The third-order valence-corrected chi connectivity index (χ3v) is 4.24. The summed E-state index contributed by atoms with van der Waals surface area (Å²) in [6, 6.07) is 9.41. The van der Waals surface area contributed by atoms with Crippen molar-refractivity contribution in [2.45, 2.75) is 12.8 Å². The molecule has 0 aliphatic carbocycles. The number of anilines is 2. The molecular weight excluding hydrogens is 405 g/mol. The molecule has 3 amide bonds. The maximum Gasteiger partial charge on any atom is 0.338 e. The Balaban J connectivity index is 1.55. The first-order valence-corrected chi connectivity index (χ1v) is 8.86. The summed E-state index contributed by atoms with van der Waals surface area (Å²) in [6.07, 6.45) is 0.232. The van der Waals surface area contributed by atoms with Gasteiger partial charge in [0, 0.05) is 18.5 Å². The summed E-state index contributed by atoms with van der Waals surface area (Å²) < 4.78 is 18.0. The number of hydrogen-bond donors (Lipinski definition) is 2. The van der Waals surface area contributed by atoms with E-state index >= 15 is 0 Å². The molecule has 1 heterocycles. The fraction of sp³-hybridized carbons (Fsp3) is 0.158. The summed E-state index contributed by atoms with van der Waals surface area (Å²) in [4.78, 5) is 47.3. The Bertz CT molecular complexity index is 980. The van der Waals surface area contributed by atoms with Crippen LogP contribution in [0.2, 0.25) is 5.02 Å². The number of benzene rings is 2. The number of nitrogens with zero attached hydrogens (tertiary/aromatic N) is 1. The van der Waals surface area contributed by atoms with E-state index in [-0.39, 0.29) is 40.9 Å². The lowest BCUT2D eigenvalue weighted by atomic mass is 10.2. The van der Waals surface area contributed by atoms with Crippen molar-refractivity contribution >= 4 is 46.7 Å². The van der Waals surface area contributed by atoms with E-state index < -0.39 is 24.3 Å². The van der Waals surface area contributed by atoms with E-state index in [0.717, 1.165) is 11.1 Å². The topological polar surface area (TPSA) is 105 Å². The van der Waals surface area contributed by atoms with Gasteiger partial charge in [0.05, 0.1) is 16.3 Å². The van der Waals surface area contributed by atoms with Gasteiger partial charge in [-0.2, -0.15) is 0 Å². The number of carbonyl (C=O) groups is 4. The van der Waals surface area contributed by atoms with Crippen LogP contribution in [-0.4, -0.2) is 30.3 Å². The summed E-state index contributed by atoms with van der Waals surface area (Å²) in [5.74, 6) is -2.54. The predicted octanol–water partition coefficient (Wildman–Crippen LogP) is 2.43. The highest BCUT2D eigenvalue weighted by atomic mass is 35.5. The zero-order valence-corrected chi connectivity index (χ0v) is 15.7. The molecule has 2 aromatic rings. The van der Waals surface area contributed by atoms with Crippen molar-refractivity contribution in [3.63, 3.8) is 0 Å². The monoisotopic (exact) mass is 419 g/mol. The Morgan fingerprint density at radius 1 is 1.14 bits per heavy atom. The largest absolute Gasteiger partial charge is 0.452 e. The van der Waals surface area contributed by atoms with E-state index in [9.17, 15) is 23.6 Å². The molecule has 1 aliphatic rings. The minimum atomic E-state index is -0.752. The summed E-state index contributed by atoms with van der Waals surface area (Å²) in [5.41, 5.74) is 3.25. The Kier molecular flexibility index (Phi) is 6.08. The number of ether oxygens (including phenoxy) is 1. The van der Waals surface area contributed by atoms with Gasteiger partial charge in [-0.05, 0) is 42.5 Å². The predicted molar refractivity (Wildman–Crippen MR) is 102 cm³/mol. The molecule has 1 fully saturated rings. The third kappa shape index (κ3) is 5.08. The standard InChI is InChI=1S/C19H15ClFN3O5/c20-14-9-12(3-6-15(14)21)22-17(26)10-29-19(28)11-1-4-13(5-2-11)24-18(27)8-7-16(25)23-24/h1-6,9H,7-8,10H2,(H,22,26)(H,23,25). The van der Waals surface area contributed by atoms with Crippen LogP contribution >= 0.6 is 11.6 Å². The molecule has 3 rings (SSSR count). The summed E-state index contributed by atoms with van der Waals surface area (Å²) >= 11 is 5.63. The van der Waals surface area contributed by atoms with E-state index in [1.807, 2.05) is 0 Å². The highest BCUT2D eigenvalue weighted by Gasteiger charge is 2.24. The molecule has 10 heteroatoms. The van der Waals surface area contributed by atoms with Crippen LogP contribution in [0.3, 0.4) is 0 Å². The van der Waals surface area contributed by atoms with Crippen molar-refractivity contribution in [2.24, 2.45) is 0 Å². The zero-order chi connectivity index (χ0) is 21.0. The molecular formula is C19H15ClFN3O5. The Morgan fingerprint density at radius 3 is 2.55 bits per heavy atom. The zero-order valence-electron chi connectivity index (χ0n) is 14.9. The third-order valence-electron chi connectivity index (χ3n) is 3.95. The molecule has 29 heavy (non-hydrogen) atoms. The average Bonchev–Trinajstić information content (AvgIpc) is 2.71. The number of esters is 1. The molecule has 1 saturated heterocycles. The fourth-order valence-electron chi connectivity index (χ4n) is 2.52. The van der Waals surface area contributed by atoms with Crippen LogP contribution in [0.4, 0.5) is 15.8 Å². The van der Waals surface area contributed by atoms with Gasteiger partial charge in [-0.1, -0.05) is 11.6 Å². The molecule has 0 spiro atoms. The Labute approximate surface area is 169 Å². The van der Waals surface area contributed by atoms with E-state index in [2.05, 4.69) is 10.7 Å². The van der Waals surface area contributed by atoms with Crippen molar-refractivity contribution < 1.29 is 28.3 Å². The van der Waals surface area contributed by atoms with E-state index in [4.69, 9.17) is 16.3 Å². The highest BCUT2D eigenvalue weighted by Crippen LogP contribution is 2.20. The molecule has 150 valence electrons. The van der Waals surface area contributed by atoms with Gasteiger partial charge < -0.3 is 10.1 Å². The van der Waals surface area contributed by atoms with Gasteiger partial charge in [0.15, 0.2) is 6.61 Å². The van der Waals surface area contributed by atoms with Crippen molar-refractivity contribution in [1.82, 2.24) is 5.43 Å². The lowest BCUT2D eigenvalue weighted by molar-refractivity contribution is -0.130. The van der Waals surface area contributed by atoms with Gasteiger partial charge >= 0.3 is 5.97 Å². The van der Waals surface area contributed by atoms with Crippen molar-refractivity contribution in [2.75, 3.05) is 16.9 Å². The van der Waals surface area contributed by atoms with Crippen LogP contribution < -0.4 is 15.8 Å². The van der Waals surface area contributed by atoms with Crippen molar-refractivity contribution in [3.8, 4) is 0 Å². The van der Waals surface area contributed by atoms with Crippen LogP contribution in [-0.2, 0) is 19.1 Å². The maximum absolute atomic E-state index is 13.1. The molecule has 0 atom stereocenters. The fourth-order valence-corrected chi connectivity index (χ4v) is 2.70. The van der Waals surface area contributed by atoms with Gasteiger partial charge in [0.2, 0.25) is 11.8 Å². The van der Waals surface area contributed by atoms with Crippen LogP contribution in [0, 0.1) is 5.82 Å². The van der Waals surface area contributed by atoms with Gasteiger partial charge in [-0.25, -0.2) is 14.2 Å². The highest BCUT2D eigenvalue weighted by molar-refractivity contribution is 6.31. The number of nitrogens with one attached hydrogen (secondary N) is 2. The number of carbonyl (C=O) groups excluding carboxylic acids is 4. The second-order valence-corrected chi connectivity index (χ2v) is 6.47. The van der Waals surface area contributed by atoms with Crippen LogP contribution in [0.1, 0.15) is 23.2 Å². The molecule has 8 nitrogen and oxygen atoms in total. The summed E-state index contributed by atoms with van der Waals surface area (Å²) in [6.45, 7) is -0.559. The van der Waals surface area contributed by atoms with Gasteiger partial charge in [-0.3, -0.25) is 19.8 Å². The van der Waals surface area contributed by atoms with Gasteiger partial charge in [0.1, 0.15) is 5.82 Å². The Hall–Kier alpha value is -3.46. The molecule has 0 unspecified atom stereocenters. The number of halogens is 2. The molecule has 2 aromatic carbocycles. The number of hydrazine groups is 1. The second kappa shape index (κ2) is 8.70. The van der Waals surface area contributed by atoms with Gasteiger partial charge in [-0.15, -0.1) is 0 Å². The Morgan fingerprint density at radius 2 is 1.86 bits per heavy atom. The summed E-state index contributed by atoms with van der Waals surface area (Å²) in [7, 11) is 0. The first kappa shape index (κ1) is 20.3. The number of rotatable bonds is 5. The van der Waals surface area contributed by atoms with E-state index in [1.165, 1.54) is 36.4 Å². The molecule has 0 aromatic heterocycles. The summed E-state index contributed by atoms with van der Waals surface area (Å²) in [5, 5.41) is 3.39. The van der Waals surface area contributed by atoms with E-state index in [0.29, 0.717) is 5.69 Å². The first-order chi connectivity index (χ1) is 13.8. The van der Waals surface area contributed by atoms with Crippen molar-refractivity contribution in [1.29, 1.82) is 0 Å². The average molecular weight is 420 g/mol. The second-order valence-electron chi connectivity index (χ2n) is 6.06. The van der Waals surface area contributed by atoms with Crippen LogP contribution in [0.5, 0.6) is 0 Å². The maximum atomic E-state index is 13.1. The van der Waals surface area contributed by atoms with Crippen LogP contribution in [0.15, 0.2) is 42.5 Å². The normalized spacial score (nSPS) is 13.7. The van der Waals surface area contributed by atoms with Gasteiger partial charge in [0.25, 0.3) is 5.91 Å². The minimum Gasteiger partial charge on any atom is -0.452 e. The van der Waals surface area contributed by atoms with E-state index in [1.54, 1.807) is 0 Å². The molecule has 1 aliphatic heterocycles. The lowest BCUT2D eigenvalue weighted by Crippen LogP contribution is -2.50. The quantitative estimate of drug-likeness (QED) is 0.724. The van der Waals surface area contributed by atoms with Crippen LogP contribution in [0.25, 0.3) is 0 Å². The smallest absolute Gasteiger partial charge is 0.338 e. The lowest BCUT2D eigenvalue weighted by Gasteiger charge is -2.27. The minimum absolute atomic E-state index is 0.101. The SMILES string of the molecule is O=C(COC(=O)c1ccc(N2NC(=O)CCC2=O)cc1)Nc1ccc(F)c(Cl)c1.